The monoisotopic (exact) mass is 435 g/mol. The lowest BCUT2D eigenvalue weighted by atomic mass is 9.70. The Balaban J connectivity index is 1.50. The molecule has 3 aromatic carbocycles. The number of benzene rings is 3. The zero-order valence-corrected chi connectivity index (χ0v) is 18.1. The first kappa shape index (κ1) is 22.2. The number of piperidine rings is 1. The minimum Gasteiger partial charge on any atom is -0.396 e. The van der Waals surface area contributed by atoms with Gasteiger partial charge < -0.3 is 10.0 Å². The number of carbonyl (C=O) groups excluding carboxylic acids is 1. The summed E-state index contributed by atoms with van der Waals surface area (Å²) in [5, 5.41) is 9.65. The first-order chi connectivity index (χ1) is 15.4. The van der Waals surface area contributed by atoms with Crippen molar-refractivity contribution in [2.75, 3.05) is 13.2 Å². The van der Waals surface area contributed by atoms with Gasteiger partial charge in [-0.05, 0) is 66.3 Å². The lowest BCUT2D eigenvalue weighted by Crippen LogP contribution is -2.47. The zero-order chi connectivity index (χ0) is 22.7. The van der Waals surface area contributed by atoms with Gasteiger partial charge >= 0.3 is 0 Å². The molecule has 0 spiro atoms. The fraction of sp³-hybridized carbons (Fsp3) is 0.296. The van der Waals surface area contributed by atoms with Crippen LogP contribution in [-0.4, -0.2) is 29.1 Å². The summed E-state index contributed by atoms with van der Waals surface area (Å²) in [5.41, 5.74) is 3.39. The van der Waals surface area contributed by atoms with E-state index in [-0.39, 0.29) is 36.6 Å². The lowest BCUT2D eigenvalue weighted by molar-refractivity contribution is -0.138. The van der Waals surface area contributed by atoms with E-state index in [4.69, 9.17) is 0 Å². The van der Waals surface area contributed by atoms with E-state index < -0.39 is 5.41 Å². The third-order valence-electron chi connectivity index (χ3n) is 6.73. The fourth-order valence-corrected chi connectivity index (χ4v) is 4.75. The van der Waals surface area contributed by atoms with Crippen LogP contribution in [0.1, 0.15) is 43.4 Å². The first-order valence-electron chi connectivity index (χ1n) is 10.9. The molecule has 1 saturated heterocycles. The third kappa shape index (κ3) is 4.44. The number of amides is 1. The second-order valence-corrected chi connectivity index (χ2v) is 8.58. The van der Waals surface area contributed by atoms with Crippen LogP contribution >= 0.6 is 0 Å². The normalized spacial score (nSPS) is 19.8. The number of likely N-dealkylation sites (tertiary alicyclic amines) is 1. The van der Waals surface area contributed by atoms with Crippen molar-refractivity contribution in [3.05, 3.63) is 95.6 Å². The Bertz CT molecular complexity index is 1060. The maximum atomic E-state index is 13.4. The van der Waals surface area contributed by atoms with E-state index >= 15 is 0 Å². The van der Waals surface area contributed by atoms with Gasteiger partial charge in [0.2, 0.25) is 5.91 Å². The van der Waals surface area contributed by atoms with Crippen LogP contribution in [0.25, 0.3) is 11.1 Å². The number of carbonyl (C=O) groups is 1. The molecule has 1 fully saturated rings. The first-order valence-corrected chi connectivity index (χ1v) is 10.9. The van der Waals surface area contributed by atoms with Gasteiger partial charge in [-0.3, -0.25) is 4.79 Å². The van der Waals surface area contributed by atoms with Gasteiger partial charge in [-0.15, -0.1) is 0 Å². The summed E-state index contributed by atoms with van der Waals surface area (Å²) >= 11 is 0. The van der Waals surface area contributed by atoms with Gasteiger partial charge in [-0.1, -0.05) is 48.5 Å². The van der Waals surface area contributed by atoms with Crippen molar-refractivity contribution < 1.29 is 18.7 Å². The molecular weight excluding hydrogens is 408 g/mol. The Morgan fingerprint density at radius 1 is 0.906 bits per heavy atom. The van der Waals surface area contributed by atoms with Crippen LogP contribution < -0.4 is 0 Å². The van der Waals surface area contributed by atoms with Gasteiger partial charge in [0.25, 0.3) is 0 Å². The predicted molar refractivity (Wildman–Crippen MR) is 121 cm³/mol. The highest BCUT2D eigenvalue weighted by Gasteiger charge is 2.41. The molecule has 4 rings (SSSR count). The Morgan fingerprint density at radius 2 is 1.44 bits per heavy atom. The zero-order valence-electron chi connectivity index (χ0n) is 18.1. The number of aliphatic hydroxyl groups excluding tert-OH is 1. The molecule has 1 heterocycles. The molecule has 0 unspecified atom stereocenters. The Labute approximate surface area is 187 Å². The Hall–Kier alpha value is -3.05. The molecule has 1 aliphatic rings. The van der Waals surface area contributed by atoms with Crippen molar-refractivity contribution in [2.24, 2.45) is 0 Å². The van der Waals surface area contributed by atoms with Gasteiger partial charge in [0.15, 0.2) is 0 Å². The van der Waals surface area contributed by atoms with Crippen LogP contribution in [0.3, 0.4) is 0 Å². The van der Waals surface area contributed by atoms with Gasteiger partial charge in [0, 0.05) is 25.0 Å². The quantitative estimate of drug-likeness (QED) is 0.545. The second kappa shape index (κ2) is 9.21. The van der Waals surface area contributed by atoms with Gasteiger partial charge in [-0.2, -0.15) is 0 Å². The van der Waals surface area contributed by atoms with Gasteiger partial charge in [-0.25, -0.2) is 8.78 Å². The summed E-state index contributed by atoms with van der Waals surface area (Å²) in [6.07, 6.45) is 1.47. The van der Waals surface area contributed by atoms with Crippen LogP contribution in [0.15, 0.2) is 72.8 Å². The van der Waals surface area contributed by atoms with Crippen LogP contribution in [-0.2, 0) is 10.2 Å². The van der Waals surface area contributed by atoms with Crippen LogP contribution in [0.2, 0.25) is 0 Å². The van der Waals surface area contributed by atoms with Gasteiger partial charge in [0.1, 0.15) is 11.6 Å². The van der Waals surface area contributed by atoms with Crippen molar-refractivity contribution in [3.63, 3.8) is 0 Å². The van der Waals surface area contributed by atoms with Crippen molar-refractivity contribution >= 4 is 5.91 Å². The molecule has 1 amide bonds. The molecule has 0 bridgehead atoms. The smallest absolute Gasteiger partial charge is 0.223 e. The molecule has 0 aromatic heterocycles. The van der Waals surface area contributed by atoms with Crippen molar-refractivity contribution in [1.82, 2.24) is 4.90 Å². The van der Waals surface area contributed by atoms with E-state index in [1.807, 2.05) is 36.1 Å². The molecule has 166 valence electrons. The Morgan fingerprint density at radius 3 is 1.97 bits per heavy atom. The van der Waals surface area contributed by atoms with E-state index in [0.29, 0.717) is 19.4 Å². The van der Waals surface area contributed by atoms with Crippen LogP contribution in [0, 0.1) is 11.6 Å². The highest BCUT2D eigenvalue weighted by atomic mass is 19.1. The molecule has 3 nitrogen and oxygen atoms in total. The molecule has 1 aliphatic heterocycles. The maximum Gasteiger partial charge on any atom is 0.223 e. The number of nitrogens with zero attached hydrogens (tertiary/aromatic N) is 1. The van der Waals surface area contributed by atoms with Crippen molar-refractivity contribution in [2.45, 2.75) is 37.6 Å². The minimum atomic E-state index is -0.470. The molecule has 0 aliphatic carbocycles. The largest absolute Gasteiger partial charge is 0.396 e. The number of aliphatic hydroxyl groups is 1. The summed E-state index contributed by atoms with van der Waals surface area (Å²) in [4.78, 5) is 15.1. The van der Waals surface area contributed by atoms with E-state index in [1.54, 1.807) is 24.3 Å². The highest BCUT2D eigenvalue weighted by Crippen LogP contribution is 2.41. The fourth-order valence-electron chi connectivity index (χ4n) is 4.75. The molecule has 5 heteroatoms. The Kier molecular flexibility index (Phi) is 6.38. The molecule has 0 radical (unpaired) electrons. The number of hydrogen-bond acceptors (Lipinski definition) is 2. The van der Waals surface area contributed by atoms with Crippen LogP contribution in [0.5, 0.6) is 0 Å². The maximum absolute atomic E-state index is 13.4. The second-order valence-electron chi connectivity index (χ2n) is 8.58. The lowest BCUT2D eigenvalue weighted by Gasteiger charge is -2.44. The molecule has 1 N–H and O–H groups in total. The summed E-state index contributed by atoms with van der Waals surface area (Å²) in [5.74, 6) is -0.543. The van der Waals surface area contributed by atoms with E-state index in [1.165, 1.54) is 24.3 Å². The highest BCUT2D eigenvalue weighted by molar-refractivity contribution is 5.79. The number of hydrogen-bond donors (Lipinski definition) is 1. The molecule has 32 heavy (non-hydrogen) atoms. The predicted octanol–water partition coefficient (Wildman–Crippen LogP) is 5.64. The SMILES string of the molecule is C[C@H](c1ccc(-c2ccc(F)cc2)cc1)N1CC[C@@](CCO)(c2ccc(F)cc2)CC1=O. The van der Waals surface area contributed by atoms with Gasteiger partial charge in [0.05, 0.1) is 6.04 Å². The summed E-state index contributed by atoms with van der Waals surface area (Å²) in [7, 11) is 0. The number of rotatable bonds is 6. The average Bonchev–Trinajstić information content (AvgIpc) is 2.80. The summed E-state index contributed by atoms with van der Waals surface area (Å²) in [6, 6.07) is 20.6. The molecule has 2 atom stereocenters. The van der Waals surface area contributed by atoms with E-state index in [9.17, 15) is 18.7 Å². The van der Waals surface area contributed by atoms with Crippen molar-refractivity contribution in [3.8, 4) is 11.1 Å². The standard InChI is InChI=1S/C27H27F2NO2/c1-19(20-2-4-21(5-3-20)22-6-10-24(28)11-7-22)30-16-14-27(15-17-31,18-26(30)32)23-8-12-25(29)13-9-23/h2-13,19,31H,14-18H2,1H3/t19-,27+/m1/s1. The molecule has 0 saturated carbocycles. The minimum absolute atomic E-state index is 0.0228. The summed E-state index contributed by atoms with van der Waals surface area (Å²) < 4.78 is 26.6. The third-order valence-corrected chi connectivity index (χ3v) is 6.73. The van der Waals surface area contributed by atoms with Crippen molar-refractivity contribution in [1.29, 1.82) is 0 Å². The topological polar surface area (TPSA) is 40.5 Å². The van der Waals surface area contributed by atoms with E-state index in [2.05, 4.69) is 0 Å². The number of halogens is 2. The van der Waals surface area contributed by atoms with E-state index in [0.717, 1.165) is 22.3 Å². The summed E-state index contributed by atoms with van der Waals surface area (Å²) in [6.45, 7) is 2.56. The molecule has 3 aromatic rings. The molecular formula is C27H27F2NO2. The average molecular weight is 436 g/mol. The van der Waals surface area contributed by atoms with Crippen LogP contribution in [0.4, 0.5) is 8.78 Å².